The smallest absolute Gasteiger partial charge is 0.416 e. The number of hydrogen-bond donors (Lipinski definition) is 2. The monoisotopic (exact) mass is 329 g/mol. The number of halogens is 4. The lowest BCUT2D eigenvalue weighted by atomic mass is 10.2. The second-order valence-corrected chi connectivity index (χ2v) is 5.77. The number of nitrogens with one attached hydrogen (secondary N) is 1. The lowest BCUT2D eigenvalue weighted by Gasteiger charge is -2.11. The van der Waals surface area contributed by atoms with Crippen molar-refractivity contribution in [3.63, 3.8) is 0 Å². The maximum atomic E-state index is 13.4. The van der Waals surface area contributed by atoms with Crippen LogP contribution in [-0.2, 0) is 21.0 Å². The summed E-state index contributed by atoms with van der Waals surface area (Å²) in [6, 6.07) is 1.03. The Kier molecular flexibility index (Phi) is 5.29. The minimum absolute atomic E-state index is 0.0743. The summed E-state index contributed by atoms with van der Waals surface area (Å²) in [5.74, 6) is -2.48. The molecule has 0 heterocycles. The van der Waals surface area contributed by atoms with Crippen LogP contribution in [0, 0.1) is 5.82 Å². The average Bonchev–Trinajstić information content (AvgIpc) is 2.33. The molecule has 0 aliphatic carbocycles. The highest BCUT2D eigenvalue weighted by atomic mass is 32.2. The summed E-state index contributed by atoms with van der Waals surface area (Å²) >= 11 is 0. The topological polar surface area (TPSA) is 83.5 Å². The highest BCUT2D eigenvalue weighted by Gasteiger charge is 2.33. The Morgan fingerprint density at radius 3 is 2.43 bits per heavy atom. The first-order chi connectivity index (χ1) is 9.54. The van der Waals surface area contributed by atoms with E-state index in [-0.39, 0.29) is 25.5 Å². The lowest BCUT2D eigenvalue weighted by molar-refractivity contribution is -0.138. The number of carboxylic acids is 1. The van der Waals surface area contributed by atoms with E-state index < -0.39 is 38.4 Å². The molecule has 10 heteroatoms. The Balaban J connectivity index is 2.95. The zero-order valence-corrected chi connectivity index (χ0v) is 11.3. The van der Waals surface area contributed by atoms with Gasteiger partial charge in [0.15, 0.2) is 0 Å². The molecule has 1 aromatic rings. The van der Waals surface area contributed by atoms with E-state index in [4.69, 9.17) is 5.11 Å². The third kappa shape index (κ3) is 4.97. The van der Waals surface area contributed by atoms with Gasteiger partial charge in [-0.2, -0.15) is 13.2 Å². The van der Waals surface area contributed by atoms with Crippen LogP contribution in [-0.4, -0.2) is 26.0 Å². The van der Waals surface area contributed by atoms with Gasteiger partial charge in [-0.3, -0.25) is 4.79 Å². The quantitative estimate of drug-likeness (QED) is 0.617. The molecule has 2 N–H and O–H groups in total. The van der Waals surface area contributed by atoms with E-state index in [2.05, 4.69) is 0 Å². The molecule has 0 aliphatic rings. The minimum atomic E-state index is -4.80. The summed E-state index contributed by atoms with van der Waals surface area (Å²) in [4.78, 5) is 9.11. The molecular weight excluding hydrogens is 318 g/mol. The molecule has 118 valence electrons. The maximum absolute atomic E-state index is 13.4. The molecule has 0 saturated heterocycles. The zero-order chi connectivity index (χ0) is 16.3. The largest absolute Gasteiger partial charge is 0.481 e. The van der Waals surface area contributed by atoms with Crippen molar-refractivity contribution >= 4 is 16.0 Å². The first-order valence-corrected chi connectivity index (χ1v) is 7.10. The molecule has 0 bridgehead atoms. The van der Waals surface area contributed by atoms with E-state index in [1.54, 1.807) is 0 Å². The van der Waals surface area contributed by atoms with Gasteiger partial charge in [-0.15, -0.1) is 0 Å². The van der Waals surface area contributed by atoms with Gasteiger partial charge >= 0.3 is 12.1 Å². The normalized spacial score (nSPS) is 12.4. The van der Waals surface area contributed by atoms with Crippen LogP contribution in [0.2, 0.25) is 0 Å². The maximum Gasteiger partial charge on any atom is 0.416 e. The molecule has 0 amide bonds. The van der Waals surface area contributed by atoms with Crippen molar-refractivity contribution in [3.05, 3.63) is 29.6 Å². The van der Waals surface area contributed by atoms with E-state index >= 15 is 0 Å². The Morgan fingerprint density at radius 2 is 1.90 bits per heavy atom. The van der Waals surface area contributed by atoms with Crippen LogP contribution in [0.4, 0.5) is 17.6 Å². The Morgan fingerprint density at radius 1 is 1.29 bits per heavy atom. The standard InChI is InChI=1S/C11H11F4NO4S/c12-8-4-3-7(11(13,14)15)6-9(8)21(19,20)16-5-1-2-10(17)18/h3-4,6,16H,1-2,5H2,(H,17,18). The van der Waals surface area contributed by atoms with Gasteiger partial charge < -0.3 is 5.11 Å². The summed E-state index contributed by atoms with van der Waals surface area (Å²) in [5, 5.41) is 8.37. The van der Waals surface area contributed by atoms with Crippen LogP contribution in [0.25, 0.3) is 0 Å². The fourth-order valence-corrected chi connectivity index (χ4v) is 2.58. The second-order valence-electron chi connectivity index (χ2n) is 4.04. The molecule has 0 aliphatic heterocycles. The van der Waals surface area contributed by atoms with Gasteiger partial charge in [0.25, 0.3) is 0 Å². The first-order valence-electron chi connectivity index (χ1n) is 5.62. The summed E-state index contributed by atoms with van der Waals surface area (Å²) in [5.41, 5.74) is -1.30. The molecule has 1 rings (SSSR count). The van der Waals surface area contributed by atoms with Crippen molar-refractivity contribution in [3.8, 4) is 0 Å². The van der Waals surface area contributed by atoms with Gasteiger partial charge in [-0.1, -0.05) is 0 Å². The first kappa shape index (κ1) is 17.4. The molecule has 0 unspecified atom stereocenters. The van der Waals surface area contributed by atoms with Crippen LogP contribution < -0.4 is 4.72 Å². The van der Waals surface area contributed by atoms with Gasteiger partial charge in [0.1, 0.15) is 10.7 Å². The Bertz CT molecular complexity index is 628. The summed E-state index contributed by atoms with van der Waals surface area (Å²) in [7, 11) is -4.49. The fraction of sp³-hybridized carbons (Fsp3) is 0.364. The van der Waals surface area contributed by atoms with Crippen LogP contribution >= 0.6 is 0 Å². The van der Waals surface area contributed by atoms with Crippen molar-refractivity contribution in [2.75, 3.05) is 6.54 Å². The van der Waals surface area contributed by atoms with E-state index in [1.165, 1.54) is 0 Å². The number of rotatable bonds is 6. The van der Waals surface area contributed by atoms with Crippen molar-refractivity contribution in [1.82, 2.24) is 4.72 Å². The van der Waals surface area contributed by atoms with E-state index in [0.29, 0.717) is 12.1 Å². The summed E-state index contributed by atoms with van der Waals surface area (Å²) in [6.07, 6.45) is -5.20. The molecule has 0 radical (unpaired) electrons. The van der Waals surface area contributed by atoms with Gasteiger partial charge in [-0.05, 0) is 24.6 Å². The highest BCUT2D eigenvalue weighted by Crippen LogP contribution is 2.31. The van der Waals surface area contributed by atoms with Gasteiger partial charge in [-0.25, -0.2) is 17.5 Å². The number of hydrogen-bond acceptors (Lipinski definition) is 3. The van der Waals surface area contributed by atoms with Crippen LogP contribution in [0.15, 0.2) is 23.1 Å². The van der Waals surface area contributed by atoms with E-state index in [1.807, 2.05) is 4.72 Å². The molecule has 0 atom stereocenters. The van der Waals surface area contributed by atoms with Crippen molar-refractivity contribution < 1.29 is 35.9 Å². The van der Waals surface area contributed by atoms with Gasteiger partial charge in [0, 0.05) is 13.0 Å². The molecule has 0 saturated carbocycles. The van der Waals surface area contributed by atoms with Crippen molar-refractivity contribution in [2.24, 2.45) is 0 Å². The fourth-order valence-electron chi connectivity index (χ4n) is 1.41. The molecule has 5 nitrogen and oxygen atoms in total. The van der Waals surface area contributed by atoms with Gasteiger partial charge in [0.2, 0.25) is 10.0 Å². The van der Waals surface area contributed by atoms with E-state index in [0.717, 1.165) is 0 Å². The predicted molar refractivity (Wildman–Crippen MR) is 63.5 cm³/mol. The number of aliphatic carboxylic acids is 1. The van der Waals surface area contributed by atoms with Crippen LogP contribution in [0.1, 0.15) is 18.4 Å². The Hall–Kier alpha value is -1.68. The predicted octanol–water partition coefficient (Wildman–Crippen LogP) is 1.99. The average molecular weight is 329 g/mol. The van der Waals surface area contributed by atoms with Crippen molar-refractivity contribution in [2.45, 2.75) is 23.9 Å². The molecule has 0 fully saturated rings. The van der Waals surface area contributed by atoms with Crippen LogP contribution in [0.5, 0.6) is 0 Å². The minimum Gasteiger partial charge on any atom is -0.481 e. The highest BCUT2D eigenvalue weighted by molar-refractivity contribution is 7.89. The zero-order valence-electron chi connectivity index (χ0n) is 10.4. The summed E-state index contributed by atoms with van der Waals surface area (Å²) < 4.78 is 76.1. The molecular formula is C11H11F4NO4S. The molecule has 0 spiro atoms. The molecule has 1 aromatic carbocycles. The summed E-state index contributed by atoms with van der Waals surface area (Å²) in [6.45, 7) is -0.329. The number of benzene rings is 1. The number of alkyl halides is 3. The second kappa shape index (κ2) is 6.39. The SMILES string of the molecule is O=C(O)CCCNS(=O)(=O)c1cc(C(F)(F)F)ccc1F. The number of carbonyl (C=O) groups is 1. The van der Waals surface area contributed by atoms with E-state index in [9.17, 15) is 30.8 Å². The third-order valence-electron chi connectivity index (χ3n) is 2.41. The third-order valence-corrected chi connectivity index (χ3v) is 3.88. The molecule has 21 heavy (non-hydrogen) atoms. The number of carboxylic acid groups (broad SMARTS) is 1. The molecule has 0 aromatic heterocycles. The number of sulfonamides is 1. The Labute approximate surface area is 117 Å². The van der Waals surface area contributed by atoms with Crippen molar-refractivity contribution in [1.29, 1.82) is 0 Å². The lowest BCUT2D eigenvalue weighted by Crippen LogP contribution is -2.26. The van der Waals surface area contributed by atoms with Crippen LogP contribution in [0.3, 0.4) is 0 Å². The van der Waals surface area contributed by atoms with Gasteiger partial charge in [0.05, 0.1) is 5.56 Å².